The maximum absolute atomic E-state index is 4.70. The van der Waals surface area contributed by atoms with Crippen LogP contribution in [0.25, 0.3) is 0 Å². The third kappa shape index (κ3) is 6.12. The van der Waals surface area contributed by atoms with Crippen LogP contribution in [0.1, 0.15) is 29.7 Å². The summed E-state index contributed by atoms with van der Waals surface area (Å²) in [5, 5.41) is 11.6. The fourth-order valence-corrected chi connectivity index (χ4v) is 2.44. The molecule has 0 amide bonds. The Hall–Kier alpha value is -1.90. The number of benzene rings is 1. The van der Waals surface area contributed by atoms with E-state index in [1.54, 1.807) is 0 Å². The van der Waals surface area contributed by atoms with E-state index in [1.807, 2.05) is 31.7 Å². The smallest absolute Gasteiger partial charge is 0.194 e. The van der Waals surface area contributed by atoms with Crippen LogP contribution < -0.4 is 5.32 Å². The predicted octanol–water partition coefficient (Wildman–Crippen LogP) is 3.07. The molecule has 0 saturated heterocycles. The van der Waals surface area contributed by atoms with E-state index < -0.39 is 0 Å². The molecule has 0 radical (unpaired) electrons. The number of rotatable bonds is 7. The molecule has 26 heavy (non-hydrogen) atoms. The molecular weight excluding hydrogens is 439 g/mol. The van der Waals surface area contributed by atoms with Gasteiger partial charge in [-0.1, -0.05) is 37.3 Å². The van der Waals surface area contributed by atoms with Crippen LogP contribution in [0, 0.1) is 6.92 Å². The fourth-order valence-electron chi connectivity index (χ4n) is 2.44. The van der Waals surface area contributed by atoms with Crippen molar-refractivity contribution >= 4 is 29.9 Å². The van der Waals surface area contributed by atoms with Gasteiger partial charge in [-0.15, -0.1) is 40.8 Å². The van der Waals surface area contributed by atoms with Gasteiger partial charge >= 0.3 is 0 Å². The van der Waals surface area contributed by atoms with Crippen molar-refractivity contribution in [2.24, 2.45) is 12.0 Å². The minimum Gasteiger partial charge on any atom is -0.353 e. The molecule has 1 aromatic carbocycles. The van der Waals surface area contributed by atoms with Crippen LogP contribution >= 0.6 is 24.0 Å². The lowest BCUT2D eigenvalue weighted by molar-refractivity contribution is 0.477. The number of hydrogen-bond acceptors (Lipinski definition) is 3. The highest BCUT2D eigenvalue weighted by Crippen LogP contribution is 2.08. The van der Waals surface area contributed by atoms with E-state index in [0.29, 0.717) is 13.1 Å². The lowest BCUT2D eigenvalue weighted by Gasteiger charge is -2.22. The van der Waals surface area contributed by atoms with Gasteiger partial charge in [0.25, 0.3) is 0 Å². The highest BCUT2D eigenvalue weighted by atomic mass is 127. The zero-order chi connectivity index (χ0) is 18.2. The minimum atomic E-state index is 0. The Labute approximate surface area is 173 Å². The molecule has 2 aromatic rings. The van der Waals surface area contributed by atoms with Crippen LogP contribution in [0.4, 0.5) is 0 Å². The van der Waals surface area contributed by atoms with Gasteiger partial charge in [-0.25, -0.2) is 4.99 Å². The van der Waals surface area contributed by atoms with Gasteiger partial charge in [-0.2, -0.15) is 0 Å². The average Bonchev–Trinajstić information content (AvgIpc) is 2.94. The molecule has 1 N–H and O–H groups in total. The molecule has 0 fully saturated rings. The first kappa shape index (κ1) is 22.1. The standard InChI is InChI=1S/C19H28N6.HI/c1-6-12-20-19(21-13-18-23-22-15(3)25(18)5)24(4)14-17-10-8-16(7-2)9-11-17;/h6,8-11H,1,7,12-14H2,2-5H3,(H,20,21);1H. The summed E-state index contributed by atoms with van der Waals surface area (Å²) in [5.74, 6) is 2.55. The number of aryl methyl sites for hydroxylation is 2. The summed E-state index contributed by atoms with van der Waals surface area (Å²) >= 11 is 0. The Balaban J connectivity index is 0.00000338. The molecule has 7 heteroatoms. The molecule has 0 saturated carbocycles. The van der Waals surface area contributed by atoms with Crippen molar-refractivity contribution in [3.63, 3.8) is 0 Å². The Morgan fingerprint density at radius 1 is 1.27 bits per heavy atom. The molecule has 0 unspecified atom stereocenters. The minimum absolute atomic E-state index is 0. The second-order valence-electron chi connectivity index (χ2n) is 6.06. The van der Waals surface area contributed by atoms with Crippen LogP contribution in [-0.4, -0.2) is 39.2 Å². The number of guanidine groups is 1. The molecule has 6 nitrogen and oxygen atoms in total. The van der Waals surface area contributed by atoms with E-state index in [4.69, 9.17) is 4.99 Å². The number of nitrogens with one attached hydrogen (secondary N) is 1. The van der Waals surface area contributed by atoms with Gasteiger partial charge in [-0.3, -0.25) is 0 Å². The first-order valence-corrected chi connectivity index (χ1v) is 8.58. The van der Waals surface area contributed by atoms with E-state index in [9.17, 15) is 0 Å². The second kappa shape index (κ2) is 10.9. The maximum Gasteiger partial charge on any atom is 0.194 e. The summed E-state index contributed by atoms with van der Waals surface area (Å²) in [6.07, 6.45) is 2.88. The van der Waals surface area contributed by atoms with E-state index in [2.05, 4.69) is 58.2 Å². The van der Waals surface area contributed by atoms with Crippen LogP contribution in [0.15, 0.2) is 41.9 Å². The van der Waals surface area contributed by atoms with E-state index in [0.717, 1.165) is 30.6 Å². The first-order chi connectivity index (χ1) is 12.0. The lowest BCUT2D eigenvalue weighted by atomic mass is 10.1. The third-order valence-electron chi connectivity index (χ3n) is 4.17. The highest BCUT2D eigenvalue weighted by molar-refractivity contribution is 14.0. The Morgan fingerprint density at radius 3 is 2.46 bits per heavy atom. The van der Waals surface area contributed by atoms with Gasteiger partial charge in [0, 0.05) is 27.2 Å². The Kier molecular flexibility index (Phi) is 9.32. The van der Waals surface area contributed by atoms with Crippen LogP contribution in [0.3, 0.4) is 0 Å². The molecule has 0 aliphatic rings. The molecule has 1 heterocycles. The zero-order valence-electron chi connectivity index (χ0n) is 16.1. The lowest BCUT2D eigenvalue weighted by Crippen LogP contribution is -2.38. The maximum atomic E-state index is 4.70. The number of aliphatic imine (C=N–C) groups is 1. The molecule has 0 bridgehead atoms. The molecular formula is C19H29IN6. The van der Waals surface area contributed by atoms with Crippen molar-refractivity contribution < 1.29 is 0 Å². The van der Waals surface area contributed by atoms with Crippen LogP contribution in [0.5, 0.6) is 0 Å². The highest BCUT2D eigenvalue weighted by Gasteiger charge is 2.09. The normalized spacial score (nSPS) is 11.0. The predicted molar refractivity (Wildman–Crippen MR) is 118 cm³/mol. The SMILES string of the molecule is C=CCNC(=NCc1nnc(C)n1C)N(C)Cc1ccc(CC)cc1.I. The van der Waals surface area contributed by atoms with Gasteiger partial charge in [0.2, 0.25) is 0 Å². The summed E-state index contributed by atoms with van der Waals surface area (Å²) in [5.41, 5.74) is 2.60. The first-order valence-electron chi connectivity index (χ1n) is 8.58. The van der Waals surface area contributed by atoms with Crippen LogP contribution in [-0.2, 0) is 26.6 Å². The van der Waals surface area contributed by atoms with E-state index in [-0.39, 0.29) is 24.0 Å². The van der Waals surface area contributed by atoms with Crippen molar-refractivity contribution in [2.45, 2.75) is 33.4 Å². The molecule has 0 aliphatic carbocycles. The number of aromatic nitrogens is 3. The monoisotopic (exact) mass is 468 g/mol. The molecule has 2 rings (SSSR count). The fraction of sp³-hybridized carbons (Fsp3) is 0.421. The van der Waals surface area contributed by atoms with Crippen molar-refractivity contribution in [1.82, 2.24) is 25.0 Å². The van der Waals surface area contributed by atoms with Gasteiger partial charge in [0.1, 0.15) is 12.4 Å². The van der Waals surface area contributed by atoms with E-state index >= 15 is 0 Å². The van der Waals surface area contributed by atoms with Crippen molar-refractivity contribution in [3.05, 3.63) is 59.7 Å². The van der Waals surface area contributed by atoms with Gasteiger partial charge in [0.15, 0.2) is 11.8 Å². The Bertz CT molecular complexity index is 720. The molecule has 0 aliphatic heterocycles. The van der Waals surface area contributed by atoms with Crippen molar-refractivity contribution in [1.29, 1.82) is 0 Å². The average molecular weight is 468 g/mol. The molecule has 0 spiro atoms. The summed E-state index contributed by atoms with van der Waals surface area (Å²) in [6.45, 7) is 9.80. The topological polar surface area (TPSA) is 58.3 Å². The number of halogens is 1. The summed E-state index contributed by atoms with van der Waals surface area (Å²) in [6, 6.07) is 8.71. The van der Waals surface area contributed by atoms with Gasteiger partial charge < -0.3 is 14.8 Å². The van der Waals surface area contributed by atoms with Crippen molar-refractivity contribution in [3.8, 4) is 0 Å². The van der Waals surface area contributed by atoms with Crippen molar-refractivity contribution in [2.75, 3.05) is 13.6 Å². The van der Waals surface area contributed by atoms with E-state index in [1.165, 1.54) is 11.1 Å². The second-order valence-corrected chi connectivity index (χ2v) is 6.06. The number of hydrogen-bond donors (Lipinski definition) is 1. The Morgan fingerprint density at radius 2 is 1.92 bits per heavy atom. The number of nitrogens with zero attached hydrogens (tertiary/aromatic N) is 5. The van der Waals surface area contributed by atoms with Crippen LogP contribution in [0.2, 0.25) is 0 Å². The zero-order valence-corrected chi connectivity index (χ0v) is 18.4. The summed E-state index contributed by atoms with van der Waals surface area (Å²) in [7, 11) is 3.99. The summed E-state index contributed by atoms with van der Waals surface area (Å²) in [4.78, 5) is 6.80. The molecule has 1 aromatic heterocycles. The van der Waals surface area contributed by atoms with Gasteiger partial charge in [-0.05, 0) is 24.5 Å². The molecule has 142 valence electrons. The summed E-state index contributed by atoms with van der Waals surface area (Å²) < 4.78 is 1.96. The quantitative estimate of drug-likeness (QED) is 0.294. The largest absolute Gasteiger partial charge is 0.353 e. The van der Waals surface area contributed by atoms with Gasteiger partial charge in [0.05, 0.1) is 0 Å². The molecule has 0 atom stereocenters. The third-order valence-corrected chi connectivity index (χ3v) is 4.17.